The van der Waals surface area contributed by atoms with Gasteiger partial charge >= 0.3 is 0 Å². The molecular formula is C18H29N3O5S. The van der Waals surface area contributed by atoms with Gasteiger partial charge in [0.2, 0.25) is 21.8 Å². The van der Waals surface area contributed by atoms with E-state index in [1.807, 2.05) is 27.7 Å². The molecule has 0 aromatic heterocycles. The largest absolute Gasteiger partial charge is 0.494 e. The smallest absolute Gasteiger partial charge is 0.240 e. The third kappa shape index (κ3) is 8.40. The molecule has 2 N–H and O–H groups in total. The van der Waals surface area contributed by atoms with Gasteiger partial charge in [-0.25, -0.2) is 13.1 Å². The van der Waals surface area contributed by atoms with Crippen LogP contribution >= 0.6 is 0 Å². The molecule has 0 spiro atoms. The van der Waals surface area contributed by atoms with Crippen molar-refractivity contribution in [3.05, 3.63) is 24.3 Å². The molecule has 8 nitrogen and oxygen atoms in total. The fourth-order valence-electron chi connectivity index (χ4n) is 2.21. The normalized spacial score (nSPS) is 11.7. The molecule has 27 heavy (non-hydrogen) atoms. The van der Waals surface area contributed by atoms with E-state index in [1.54, 1.807) is 12.1 Å². The van der Waals surface area contributed by atoms with Crippen molar-refractivity contribution in [3.8, 4) is 5.75 Å². The number of nitrogens with zero attached hydrogens (tertiary/aromatic N) is 1. The van der Waals surface area contributed by atoms with Crippen LogP contribution in [0.3, 0.4) is 0 Å². The summed E-state index contributed by atoms with van der Waals surface area (Å²) in [7, 11) is -2.21. The Morgan fingerprint density at radius 1 is 1.15 bits per heavy atom. The Hall–Kier alpha value is -2.13. The SMILES string of the molecule is CCOc1ccc(S(=O)(=O)NCCC(=O)N(C)CC(=O)NC(C)(C)C)cc1. The molecule has 0 aliphatic heterocycles. The predicted octanol–water partition coefficient (Wildman–Crippen LogP) is 1.13. The number of ether oxygens (including phenoxy) is 1. The lowest BCUT2D eigenvalue weighted by atomic mass is 10.1. The highest BCUT2D eigenvalue weighted by Gasteiger charge is 2.19. The summed E-state index contributed by atoms with van der Waals surface area (Å²) < 4.78 is 32.2. The van der Waals surface area contributed by atoms with Crippen LogP contribution in [0.25, 0.3) is 0 Å². The van der Waals surface area contributed by atoms with E-state index in [0.717, 1.165) is 0 Å². The van der Waals surface area contributed by atoms with E-state index in [-0.39, 0.29) is 41.8 Å². The summed E-state index contributed by atoms with van der Waals surface area (Å²) in [6.45, 7) is 7.75. The van der Waals surface area contributed by atoms with Gasteiger partial charge in [-0.2, -0.15) is 0 Å². The number of hydrogen-bond acceptors (Lipinski definition) is 5. The average Bonchev–Trinajstić information content (AvgIpc) is 2.53. The van der Waals surface area contributed by atoms with Gasteiger partial charge in [0.15, 0.2) is 0 Å². The van der Waals surface area contributed by atoms with E-state index in [0.29, 0.717) is 12.4 Å². The van der Waals surface area contributed by atoms with Gasteiger partial charge in [-0.05, 0) is 52.0 Å². The number of carbonyl (C=O) groups excluding carboxylic acids is 2. The number of carbonyl (C=O) groups is 2. The van der Waals surface area contributed by atoms with Gasteiger partial charge < -0.3 is 15.0 Å². The molecule has 0 saturated heterocycles. The van der Waals surface area contributed by atoms with Crippen molar-refractivity contribution in [3.63, 3.8) is 0 Å². The summed E-state index contributed by atoms with van der Waals surface area (Å²) in [5.74, 6) is -0.0106. The highest BCUT2D eigenvalue weighted by Crippen LogP contribution is 2.15. The Labute approximate surface area is 161 Å². The summed E-state index contributed by atoms with van der Waals surface area (Å²) in [5.41, 5.74) is -0.381. The molecule has 0 unspecified atom stereocenters. The molecule has 0 aliphatic carbocycles. The maximum atomic E-state index is 12.2. The number of likely N-dealkylation sites (N-methyl/N-ethyl adjacent to an activating group) is 1. The number of sulfonamides is 1. The molecule has 152 valence electrons. The van der Waals surface area contributed by atoms with Crippen LogP contribution in [0.2, 0.25) is 0 Å². The van der Waals surface area contributed by atoms with E-state index in [1.165, 1.54) is 24.1 Å². The summed E-state index contributed by atoms with van der Waals surface area (Å²) in [5, 5.41) is 2.77. The number of nitrogens with one attached hydrogen (secondary N) is 2. The van der Waals surface area contributed by atoms with E-state index in [4.69, 9.17) is 4.74 Å². The first-order valence-electron chi connectivity index (χ1n) is 8.72. The third-order valence-corrected chi connectivity index (χ3v) is 4.87. The molecule has 0 saturated carbocycles. The van der Waals surface area contributed by atoms with Gasteiger partial charge in [0.05, 0.1) is 18.0 Å². The number of hydrogen-bond donors (Lipinski definition) is 2. The zero-order valence-corrected chi connectivity index (χ0v) is 17.4. The summed E-state index contributed by atoms with van der Waals surface area (Å²) in [6.07, 6.45) is -0.0461. The minimum atomic E-state index is -3.72. The summed E-state index contributed by atoms with van der Waals surface area (Å²) in [4.78, 5) is 25.3. The Kier molecular flexibility index (Phi) is 8.23. The van der Waals surface area contributed by atoms with Crippen LogP contribution in [0.4, 0.5) is 0 Å². The molecule has 1 aromatic carbocycles. The van der Waals surface area contributed by atoms with E-state index in [9.17, 15) is 18.0 Å². The third-order valence-electron chi connectivity index (χ3n) is 3.40. The molecule has 0 bridgehead atoms. The molecular weight excluding hydrogens is 370 g/mol. The second kappa shape index (κ2) is 9.70. The van der Waals surface area contributed by atoms with Gasteiger partial charge in [0, 0.05) is 25.6 Å². The van der Waals surface area contributed by atoms with Gasteiger partial charge in [-0.15, -0.1) is 0 Å². The molecule has 1 aromatic rings. The lowest BCUT2D eigenvalue weighted by Crippen LogP contribution is -2.46. The van der Waals surface area contributed by atoms with Crippen molar-refractivity contribution in [2.24, 2.45) is 0 Å². The van der Waals surface area contributed by atoms with Gasteiger partial charge in [0.1, 0.15) is 5.75 Å². The Balaban J connectivity index is 2.50. The molecule has 1 rings (SSSR count). The van der Waals surface area contributed by atoms with Crippen LogP contribution in [0, 0.1) is 0 Å². The fourth-order valence-corrected chi connectivity index (χ4v) is 3.24. The molecule has 0 fully saturated rings. The number of rotatable bonds is 9. The standard InChI is InChI=1S/C18H29N3O5S/c1-6-26-14-7-9-15(10-8-14)27(24,25)19-12-11-17(23)21(5)13-16(22)20-18(2,3)4/h7-10,19H,6,11-13H2,1-5H3,(H,20,22). The van der Waals surface area contributed by atoms with E-state index < -0.39 is 10.0 Å². The highest BCUT2D eigenvalue weighted by molar-refractivity contribution is 7.89. The molecule has 2 amide bonds. The van der Waals surface area contributed by atoms with Crippen LogP contribution in [-0.4, -0.2) is 57.4 Å². The molecule has 0 radical (unpaired) electrons. The molecule has 0 heterocycles. The molecule has 0 aliphatic rings. The van der Waals surface area contributed by atoms with Crippen LogP contribution in [0.1, 0.15) is 34.1 Å². The van der Waals surface area contributed by atoms with Crippen molar-refractivity contribution in [1.29, 1.82) is 0 Å². The quantitative estimate of drug-likeness (QED) is 0.648. The zero-order valence-electron chi connectivity index (χ0n) is 16.5. The van der Waals surface area contributed by atoms with Crippen LogP contribution in [0.15, 0.2) is 29.2 Å². The minimum Gasteiger partial charge on any atom is -0.494 e. The zero-order chi connectivity index (χ0) is 20.7. The van der Waals surface area contributed by atoms with Crippen LogP contribution in [-0.2, 0) is 19.6 Å². The van der Waals surface area contributed by atoms with Crippen molar-refractivity contribution in [2.75, 3.05) is 26.7 Å². The monoisotopic (exact) mass is 399 g/mol. The van der Waals surface area contributed by atoms with Gasteiger partial charge in [0.25, 0.3) is 0 Å². The predicted molar refractivity (Wildman–Crippen MR) is 103 cm³/mol. The van der Waals surface area contributed by atoms with Crippen molar-refractivity contribution >= 4 is 21.8 Å². The first-order valence-corrected chi connectivity index (χ1v) is 10.2. The second-order valence-corrected chi connectivity index (χ2v) is 8.87. The fraction of sp³-hybridized carbons (Fsp3) is 0.556. The minimum absolute atomic E-state index is 0.0461. The first-order chi connectivity index (χ1) is 12.4. The lowest BCUT2D eigenvalue weighted by molar-refractivity contribution is -0.135. The first kappa shape index (κ1) is 22.9. The van der Waals surface area contributed by atoms with Gasteiger partial charge in [-0.1, -0.05) is 0 Å². The van der Waals surface area contributed by atoms with Gasteiger partial charge in [-0.3, -0.25) is 9.59 Å². The Bertz CT molecular complexity index is 739. The van der Waals surface area contributed by atoms with Crippen LogP contribution in [0.5, 0.6) is 5.75 Å². The number of benzene rings is 1. The Morgan fingerprint density at radius 2 is 1.74 bits per heavy atom. The van der Waals surface area contributed by atoms with Crippen molar-refractivity contribution in [2.45, 2.75) is 44.6 Å². The topological polar surface area (TPSA) is 105 Å². The molecule has 0 atom stereocenters. The van der Waals surface area contributed by atoms with E-state index in [2.05, 4.69) is 10.0 Å². The average molecular weight is 400 g/mol. The maximum absolute atomic E-state index is 12.2. The summed E-state index contributed by atoms with van der Waals surface area (Å²) >= 11 is 0. The lowest BCUT2D eigenvalue weighted by Gasteiger charge is -2.23. The molecule has 9 heteroatoms. The van der Waals surface area contributed by atoms with E-state index >= 15 is 0 Å². The highest BCUT2D eigenvalue weighted by atomic mass is 32.2. The Morgan fingerprint density at radius 3 is 2.26 bits per heavy atom. The summed E-state index contributed by atoms with van der Waals surface area (Å²) in [6, 6.07) is 6.03. The second-order valence-electron chi connectivity index (χ2n) is 7.10. The van der Waals surface area contributed by atoms with Crippen molar-refractivity contribution in [1.82, 2.24) is 14.9 Å². The number of amides is 2. The van der Waals surface area contributed by atoms with Crippen LogP contribution < -0.4 is 14.8 Å². The maximum Gasteiger partial charge on any atom is 0.240 e. The van der Waals surface area contributed by atoms with Crippen molar-refractivity contribution < 1.29 is 22.7 Å².